The number of nitro benzene ring substituents is 1. The Morgan fingerprint density at radius 1 is 1.30 bits per heavy atom. The minimum Gasteiger partial charge on any atom is -0.394 e. The van der Waals surface area contributed by atoms with Gasteiger partial charge in [0.05, 0.1) is 17.6 Å². The Kier molecular flexibility index (Phi) is 5.19. The number of aliphatic hydroxyl groups excluding tert-OH is 2. The molecule has 0 radical (unpaired) electrons. The van der Waals surface area contributed by atoms with Gasteiger partial charge in [-0.05, 0) is 29.8 Å². The summed E-state index contributed by atoms with van der Waals surface area (Å²) in [5.74, 6) is 0.337. The number of anilines is 1. The van der Waals surface area contributed by atoms with Crippen molar-refractivity contribution in [2.24, 2.45) is 0 Å². The topological polar surface area (TPSA) is 132 Å². The number of hydrogen-bond acceptors (Lipinski definition) is 7. The Labute approximate surface area is 131 Å². The van der Waals surface area contributed by atoms with Gasteiger partial charge in [-0.3, -0.25) is 10.1 Å². The fourth-order valence-corrected chi connectivity index (χ4v) is 2.02. The van der Waals surface area contributed by atoms with Crippen LogP contribution in [0.25, 0.3) is 0 Å². The molecule has 1 heterocycles. The maximum atomic E-state index is 10.6. The van der Waals surface area contributed by atoms with Crippen molar-refractivity contribution in [1.82, 2.24) is 4.98 Å². The Balaban J connectivity index is 2.16. The van der Waals surface area contributed by atoms with E-state index in [1.807, 2.05) is 6.07 Å². The summed E-state index contributed by atoms with van der Waals surface area (Å²) in [7, 11) is 0. The van der Waals surface area contributed by atoms with Crippen molar-refractivity contribution in [3.05, 3.63) is 63.8 Å². The molecule has 2 rings (SSSR count). The average molecular weight is 314 g/mol. The van der Waals surface area contributed by atoms with Gasteiger partial charge in [-0.1, -0.05) is 6.07 Å². The summed E-state index contributed by atoms with van der Waals surface area (Å²) in [6, 6.07) is 11.3. The summed E-state index contributed by atoms with van der Waals surface area (Å²) in [5.41, 5.74) is 0.535. The van der Waals surface area contributed by atoms with Gasteiger partial charge in [-0.25, -0.2) is 4.98 Å². The van der Waals surface area contributed by atoms with Gasteiger partial charge in [0, 0.05) is 12.1 Å². The quantitative estimate of drug-likeness (QED) is 0.541. The van der Waals surface area contributed by atoms with Gasteiger partial charge in [0.25, 0.3) is 5.69 Å². The number of nitriles is 1. The number of benzene rings is 1. The summed E-state index contributed by atoms with van der Waals surface area (Å²) >= 11 is 0. The van der Waals surface area contributed by atoms with Crippen molar-refractivity contribution in [3.63, 3.8) is 0 Å². The third kappa shape index (κ3) is 4.00. The zero-order chi connectivity index (χ0) is 16.8. The normalized spacial score (nSPS) is 12.9. The van der Waals surface area contributed by atoms with Crippen LogP contribution in [0.4, 0.5) is 11.5 Å². The van der Waals surface area contributed by atoms with Crippen LogP contribution >= 0.6 is 0 Å². The van der Waals surface area contributed by atoms with E-state index in [9.17, 15) is 20.3 Å². The molecule has 3 N–H and O–H groups in total. The number of nitrogens with zero attached hydrogens (tertiary/aromatic N) is 3. The molecule has 0 saturated heterocycles. The summed E-state index contributed by atoms with van der Waals surface area (Å²) in [6.45, 7) is -0.392. The van der Waals surface area contributed by atoms with Crippen molar-refractivity contribution in [1.29, 1.82) is 5.26 Å². The first-order chi connectivity index (χ1) is 11.0. The van der Waals surface area contributed by atoms with Crippen molar-refractivity contribution >= 4 is 11.5 Å². The summed E-state index contributed by atoms with van der Waals surface area (Å²) in [6.07, 6.45) is -1.10. The summed E-state index contributed by atoms with van der Waals surface area (Å²) < 4.78 is 0. The van der Waals surface area contributed by atoms with Crippen molar-refractivity contribution in [3.8, 4) is 6.07 Å². The molecule has 1 aromatic heterocycles. The van der Waals surface area contributed by atoms with Crippen molar-refractivity contribution < 1.29 is 15.1 Å². The average Bonchev–Trinajstić information content (AvgIpc) is 2.59. The fraction of sp³-hybridized carbons (Fsp3) is 0.200. The number of hydrogen-bond donors (Lipinski definition) is 3. The molecule has 2 unspecified atom stereocenters. The molecule has 0 fully saturated rings. The van der Waals surface area contributed by atoms with Crippen molar-refractivity contribution in [2.75, 3.05) is 11.9 Å². The summed E-state index contributed by atoms with van der Waals surface area (Å²) in [4.78, 5) is 14.1. The molecule has 0 aliphatic rings. The minimum atomic E-state index is -1.10. The third-order valence-corrected chi connectivity index (χ3v) is 3.22. The second-order valence-corrected chi connectivity index (χ2v) is 4.75. The molecule has 1 aromatic carbocycles. The number of aromatic nitrogens is 1. The number of non-ortho nitro benzene ring substituents is 1. The van der Waals surface area contributed by atoms with E-state index < -0.39 is 23.7 Å². The Bertz CT molecular complexity index is 727. The van der Waals surface area contributed by atoms with Crippen LogP contribution in [-0.4, -0.2) is 32.8 Å². The second-order valence-electron chi connectivity index (χ2n) is 4.75. The van der Waals surface area contributed by atoms with Crippen LogP contribution in [-0.2, 0) is 0 Å². The number of pyridine rings is 1. The zero-order valence-corrected chi connectivity index (χ0v) is 12.0. The Hall–Kier alpha value is -3.02. The van der Waals surface area contributed by atoms with Gasteiger partial charge < -0.3 is 15.5 Å². The van der Waals surface area contributed by atoms with E-state index in [2.05, 4.69) is 10.3 Å². The molecule has 0 amide bonds. The molecule has 0 aliphatic carbocycles. The minimum absolute atomic E-state index is 0.0853. The van der Waals surface area contributed by atoms with Crippen LogP contribution in [0, 0.1) is 21.4 Å². The number of nitrogens with one attached hydrogen (secondary N) is 1. The van der Waals surface area contributed by atoms with E-state index in [1.165, 1.54) is 30.3 Å². The number of nitro groups is 1. The predicted octanol–water partition coefficient (Wildman–Crippen LogP) is 1.37. The van der Waals surface area contributed by atoms with Gasteiger partial charge in [0.1, 0.15) is 23.7 Å². The third-order valence-electron chi connectivity index (χ3n) is 3.22. The van der Waals surface area contributed by atoms with E-state index in [0.29, 0.717) is 11.4 Å². The van der Waals surface area contributed by atoms with E-state index in [0.717, 1.165) is 0 Å². The molecule has 118 valence electrons. The van der Waals surface area contributed by atoms with E-state index in [-0.39, 0.29) is 11.4 Å². The highest BCUT2D eigenvalue weighted by atomic mass is 16.6. The van der Waals surface area contributed by atoms with E-state index >= 15 is 0 Å². The van der Waals surface area contributed by atoms with Gasteiger partial charge in [0.2, 0.25) is 0 Å². The lowest BCUT2D eigenvalue weighted by Crippen LogP contribution is -2.31. The Morgan fingerprint density at radius 3 is 2.57 bits per heavy atom. The van der Waals surface area contributed by atoms with Gasteiger partial charge in [0.15, 0.2) is 0 Å². The first kappa shape index (κ1) is 16.4. The molecule has 0 bridgehead atoms. The van der Waals surface area contributed by atoms with E-state index in [4.69, 9.17) is 5.26 Å². The highest BCUT2D eigenvalue weighted by molar-refractivity contribution is 5.41. The molecule has 0 saturated carbocycles. The van der Waals surface area contributed by atoms with Crippen LogP contribution in [0.15, 0.2) is 42.5 Å². The fourth-order valence-electron chi connectivity index (χ4n) is 2.02. The number of rotatable bonds is 6. The van der Waals surface area contributed by atoms with Crippen LogP contribution in [0.2, 0.25) is 0 Å². The second kappa shape index (κ2) is 7.31. The molecule has 8 heteroatoms. The van der Waals surface area contributed by atoms with Gasteiger partial charge in [-0.15, -0.1) is 0 Å². The molecular formula is C15H14N4O4. The lowest BCUT2D eigenvalue weighted by Gasteiger charge is -2.23. The van der Waals surface area contributed by atoms with Crippen LogP contribution in [0.3, 0.4) is 0 Å². The highest BCUT2D eigenvalue weighted by Crippen LogP contribution is 2.22. The van der Waals surface area contributed by atoms with Gasteiger partial charge >= 0.3 is 0 Å². The first-order valence-corrected chi connectivity index (χ1v) is 6.72. The largest absolute Gasteiger partial charge is 0.394 e. The Morgan fingerprint density at radius 2 is 2.00 bits per heavy atom. The lowest BCUT2D eigenvalue weighted by atomic mass is 10.0. The monoisotopic (exact) mass is 314 g/mol. The van der Waals surface area contributed by atoms with Crippen LogP contribution in [0.1, 0.15) is 17.4 Å². The maximum absolute atomic E-state index is 10.6. The predicted molar refractivity (Wildman–Crippen MR) is 81.5 cm³/mol. The molecule has 2 atom stereocenters. The lowest BCUT2D eigenvalue weighted by molar-refractivity contribution is -0.384. The molecule has 0 spiro atoms. The smallest absolute Gasteiger partial charge is 0.269 e. The van der Waals surface area contributed by atoms with E-state index in [1.54, 1.807) is 12.1 Å². The first-order valence-electron chi connectivity index (χ1n) is 6.72. The maximum Gasteiger partial charge on any atom is 0.269 e. The highest BCUT2D eigenvalue weighted by Gasteiger charge is 2.21. The van der Waals surface area contributed by atoms with Crippen LogP contribution < -0.4 is 5.32 Å². The molecule has 2 aromatic rings. The SMILES string of the molecule is N#Cc1cccc(NC(CO)C(O)c2ccc([N+](=O)[O-])cc2)n1. The molecule has 23 heavy (non-hydrogen) atoms. The van der Waals surface area contributed by atoms with Crippen LogP contribution in [0.5, 0.6) is 0 Å². The standard InChI is InChI=1S/C15H14N4O4/c16-8-11-2-1-3-14(17-11)18-13(9-20)15(21)10-4-6-12(7-5-10)19(22)23/h1-7,13,15,20-21H,9H2,(H,17,18). The van der Waals surface area contributed by atoms with Crippen molar-refractivity contribution in [2.45, 2.75) is 12.1 Å². The zero-order valence-electron chi connectivity index (χ0n) is 12.0. The number of aliphatic hydroxyl groups is 2. The molecular weight excluding hydrogens is 300 g/mol. The molecule has 8 nitrogen and oxygen atoms in total. The summed E-state index contributed by atoms with van der Waals surface area (Å²) in [5, 5.41) is 42.1. The molecule has 0 aliphatic heterocycles. The van der Waals surface area contributed by atoms with Gasteiger partial charge in [-0.2, -0.15) is 5.26 Å².